The number of aliphatic hydroxyl groups is 3. The number of hydrogen-bond donors (Lipinski definition) is 5. The maximum absolute atomic E-state index is 10.5. The zero-order valence-electron chi connectivity index (χ0n) is 9.33. The van der Waals surface area contributed by atoms with Crippen LogP contribution in [-0.4, -0.2) is 74.3 Å². The first-order valence-electron chi connectivity index (χ1n) is 4.83. The molecule has 0 radical (unpaired) electrons. The van der Waals surface area contributed by atoms with E-state index in [-0.39, 0.29) is 6.29 Å². The summed E-state index contributed by atoms with van der Waals surface area (Å²) < 4.78 is 4.64. The van der Waals surface area contributed by atoms with Crippen LogP contribution >= 0.6 is 0 Å². The highest BCUT2D eigenvalue weighted by Crippen LogP contribution is 2.12. The van der Waals surface area contributed by atoms with E-state index in [1.54, 1.807) is 0 Å². The van der Waals surface area contributed by atoms with Crippen molar-refractivity contribution in [3.8, 4) is 0 Å². The molecule has 0 aromatic heterocycles. The summed E-state index contributed by atoms with van der Waals surface area (Å²) in [7, 11) is 0. The van der Waals surface area contributed by atoms with E-state index in [1.165, 1.54) is 0 Å². The molecule has 0 saturated heterocycles. The van der Waals surface area contributed by atoms with Crippen LogP contribution in [-0.2, 0) is 19.1 Å². The molecule has 5 atom stereocenters. The molecule has 0 spiro atoms. The van der Waals surface area contributed by atoms with Crippen molar-refractivity contribution in [2.75, 3.05) is 0 Å². The van der Waals surface area contributed by atoms with E-state index in [1.807, 2.05) is 0 Å². The first-order valence-corrected chi connectivity index (χ1v) is 4.83. The highest BCUT2D eigenvalue weighted by Gasteiger charge is 2.38. The highest BCUT2D eigenvalue weighted by molar-refractivity contribution is 5.73. The second-order valence-electron chi connectivity index (χ2n) is 3.48. The van der Waals surface area contributed by atoms with Gasteiger partial charge in [0.15, 0.2) is 18.5 Å². The second-order valence-corrected chi connectivity index (χ2v) is 3.48. The zero-order chi connectivity index (χ0) is 14.5. The van der Waals surface area contributed by atoms with Gasteiger partial charge in [-0.15, -0.1) is 0 Å². The lowest BCUT2D eigenvalue weighted by Gasteiger charge is -2.28. The molecule has 0 heterocycles. The van der Waals surface area contributed by atoms with Gasteiger partial charge >= 0.3 is 11.9 Å². The van der Waals surface area contributed by atoms with Crippen LogP contribution in [0.3, 0.4) is 0 Å². The van der Waals surface area contributed by atoms with Gasteiger partial charge in [-0.25, -0.2) is 9.59 Å². The van der Waals surface area contributed by atoms with Gasteiger partial charge in [-0.05, 0) is 6.92 Å². The van der Waals surface area contributed by atoms with Crippen molar-refractivity contribution in [1.29, 1.82) is 0 Å². The summed E-state index contributed by atoms with van der Waals surface area (Å²) >= 11 is 0. The molecule has 0 fully saturated rings. The van der Waals surface area contributed by atoms with Gasteiger partial charge in [0.1, 0.15) is 18.3 Å². The Morgan fingerprint density at radius 3 is 1.94 bits per heavy atom. The lowest BCUT2D eigenvalue weighted by molar-refractivity contribution is -0.183. The fraction of sp³-hybridized carbons (Fsp3) is 0.667. The molecule has 0 amide bonds. The van der Waals surface area contributed by atoms with Crippen molar-refractivity contribution in [1.82, 2.24) is 0 Å². The molecule has 0 aromatic carbocycles. The van der Waals surface area contributed by atoms with Crippen LogP contribution in [0.25, 0.3) is 0 Å². The Kier molecular flexibility index (Phi) is 6.41. The average Bonchev–Trinajstić information content (AvgIpc) is 2.32. The largest absolute Gasteiger partial charge is 0.479 e. The molecule has 0 aromatic rings. The van der Waals surface area contributed by atoms with Crippen molar-refractivity contribution in [3.05, 3.63) is 0 Å². The van der Waals surface area contributed by atoms with E-state index in [4.69, 9.17) is 15.3 Å². The second kappa shape index (κ2) is 7.01. The average molecular weight is 266 g/mol. The minimum atomic E-state index is -2.33. The van der Waals surface area contributed by atoms with Crippen molar-refractivity contribution < 1.29 is 44.7 Å². The van der Waals surface area contributed by atoms with E-state index in [0.717, 1.165) is 6.92 Å². The summed E-state index contributed by atoms with van der Waals surface area (Å²) in [5.41, 5.74) is 0. The summed E-state index contributed by atoms with van der Waals surface area (Å²) in [6.07, 6.45) is -9.93. The predicted octanol–water partition coefficient (Wildman–Crippen LogP) is -2.79. The van der Waals surface area contributed by atoms with Gasteiger partial charge in [0.2, 0.25) is 0 Å². The van der Waals surface area contributed by atoms with Crippen LogP contribution in [0.4, 0.5) is 0 Å². The van der Waals surface area contributed by atoms with E-state index in [0.29, 0.717) is 0 Å². The van der Waals surface area contributed by atoms with Gasteiger partial charge in [0.05, 0.1) is 0 Å². The third-order valence-corrected chi connectivity index (χ3v) is 2.10. The third kappa shape index (κ3) is 4.37. The van der Waals surface area contributed by atoms with Gasteiger partial charge in [-0.3, -0.25) is 0 Å². The zero-order valence-corrected chi connectivity index (χ0v) is 9.33. The molecule has 18 heavy (non-hydrogen) atoms. The van der Waals surface area contributed by atoms with Crippen LogP contribution in [0.5, 0.6) is 0 Å². The summed E-state index contributed by atoms with van der Waals surface area (Å²) in [4.78, 5) is 31.3. The smallest absolute Gasteiger partial charge is 0.335 e. The monoisotopic (exact) mass is 266 g/mol. The summed E-state index contributed by atoms with van der Waals surface area (Å²) in [5, 5.41) is 44.7. The Bertz CT molecular complexity index is 315. The van der Waals surface area contributed by atoms with Gasteiger partial charge in [-0.2, -0.15) is 0 Å². The minimum absolute atomic E-state index is 0.0724. The lowest BCUT2D eigenvalue weighted by Crippen LogP contribution is -2.51. The Hall–Kier alpha value is -1.55. The molecule has 0 aliphatic carbocycles. The molecule has 0 aliphatic heterocycles. The number of ether oxygens (including phenoxy) is 1. The number of aliphatic hydroxyl groups excluding tert-OH is 3. The van der Waals surface area contributed by atoms with Crippen LogP contribution in [0.2, 0.25) is 0 Å². The van der Waals surface area contributed by atoms with Crippen LogP contribution in [0.15, 0.2) is 0 Å². The van der Waals surface area contributed by atoms with Crippen molar-refractivity contribution in [2.24, 2.45) is 0 Å². The predicted molar refractivity (Wildman–Crippen MR) is 53.7 cm³/mol. The number of carbonyl (C=O) groups excluding carboxylic acids is 1. The molecule has 0 bridgehead atoms. The first kappa shape index (κ1) is 16.4. The summed E-state index contributed by atoms with van der Waals surface area (Å²) in [5.74, 6) is -3.26. The van der Waals surface area contributed by atoms with E-state index in [2.05, 4.69) is 4.74 Å². The molecule has 1 unspecified atom stereocenters. The molecule has 9 heteroatoms. The molecule has 9 nitrogen and oxygen atoms in total. The summed E-state index contributed by atoms with van der Waals surface area (Å²) in [6, 6.07) is 0. The molecular formula is C9H14O9. The fourth-order valence-electron chi connectivity index (χ4n) is 1.06. The Labute approximate surface area is 101 Å². The quantitative estimate of drug-likeness (QED) is 0.292. The van der Waals surface area contributed by atoms with Crippen LogP contribution < -0.4 is 0 Å². The van der Waals surface area contributed by atoms with Crippen molar-refractivity contribution in [3.63, 3.8) is 0 Å². The minimum Gasteiger partial charge on any atom is -0.479 e. The summed E-state index contributed by atoms with van der Waals surface area (Å²) in [6.45, 7) is 1.05. The maximum atomic E-state index is 10.5. The van der Waals surface area contributed by atoms with E-state index in [9.17, 15) is 24.6 Å². The number of hydrogen-bond acceptors (Lipinski definition) is 7. The highest BCUT2D eigenvalue weighted by atomic mass is 16.5. The Morgan fingerprint density at radius 1 is 1.11 bits per heavy atom. The number of carboxylic acid groups (broad SMARTS) is 2. The van der Waals surface area contributed by atoms with Gasteiger partial charge in [0, 0.05) is 0 Å². The first-order chi connectivity index (χ1) is 8.22. The molecule has 0 aliphatic rings. The Balaban J connectivity index is 4.93. The topological polar surface area (TPSA) is 162 Å². The van der Waals surface area contributed by atoms with Gasteiger partial charge in [0.25, 0.3) is 0 Å². The lowest BCUT2D eigenvalue weighted by atomic mass is 10.0. The van der Waals surface area contributed by atoms with Crippen molar-refractivity contribution in [2.45, 2.75) is 37.4 Å². The number of carbonyl (C=O) groups is 3. The van der Waals surface area contributed by atoms with Crippen LogP contribution in [0.1, 0.15) is 6.92 Å². The SMILES string of the molecule is CC(O[C@@H]([C@H](O)[C@H](O)C(=O)O)[C@@H](O)C=O)C(=O)O. The molecule has 0 saturated carbocycles. The number of aldehydes is 1. The van der Waals surface area contributed by atoms with Crippen LogP contribution in [0, 0.1) is 0 Å². The van der Waals surface area contributed by atoms with E-state index < -0.39 is 42.5 Å². The van der Waals surface area contributed by atoms with Crippen molar-refractivity contribution >= 4 is 18.2 Å². The van der Waals surface area contributed by atoms with Gasteiger partial charge < -0.3 is 35.1 Å². The van der Waals surface area contributed by atoms with E-state index >= 15 is 0 Å². The molecule has 104 valence electrons. The molecule has 0 rings (SSSR count). The maximum Gasteiger partial charge on any atom is 0.335 e. The number of carboxylic acids is 2. The number of rotatable bonds is 8. The number of aliphatic carboxylic acids is 2. The Morgan fingerprint density at radius 2 is 1.61 bits per heavy atom. The fourth-order valence-corrected chi connectivity index (χ4v) is 1.06. The standard InChI is InChI=1S/C9H14O9/c1-3(8(14)15)18-7(4(11)2-10)5(12)6(13)9(16)17/h2-7,11-13H,1H3,(H,14,15)(H,16,17)/t3?,4-,5+,6-,7+/m0/s1. The third-order valence-electron chi connectivity index (χ3n) is 2.10. The normalized spacial score (nSPS) is 19.3. The molecule has 5 N–H and O–H groups in total. The van der Waals surface area contributed by atoms with Gasteiger partial charge in [-0.1, -0.05) is 0 Å². The molecular weight excluding hydrogens is 252 g/mol.